The van der Waals surface area contributed by atoms with Gasteiger partial charge in [-0.1, -0.05) is 11.6 Å². The van der Waals surface area contributed by atoms with Crippen LogP contribution in [0.1, 0.15) is 29.8 Å². The second-order valence-electron chi connectivity index (χ2n) is 5.38. The number of nitrogens with one attached hydrogen (secondary N) is 1. The first-order valence-electron chi connectivity index (χ1n) is 6.71. The Morgan fingerprint density at radius 2 is 1.95 bits per heavy atom. The van der Waals surface area contributed by atoms with E-state index in [0.717, 1.165) is 18.7 Å². The van der Waals surface area contributed by atoms with Crippen molar-refractivity contribution >= 4 is 5.91 Å². The second kappa shape index (κ2) is 5.61. The molecular formula is C15H22N2O2. The van der Waals surface area contributed by atoms with Crippen LogP contribution in [0.3, 0.4) is 0 Å². The summed E-state index contributed by atoms with van der Waals surface area (Å²) >= 11 is 0. The monoisotopic (exact) mass is 262 g/mol. The minimum atomic E-state index is 0.0562. The number of benzene rings is 1. The van der Waals surface area contributed by atoms with Crippen molar-refractivity contribution < 1.29 is 9.53 Å². The highest BCUT2D eigenvalue weighted by Gasteiger charge is 2.27. The fraction of sp³-hybridized carbons (Fsp3) is 0.533. The zero-order chi connectivity index (χ0) is 14.0. The lowest BCUT2D eigenvalue weighted by Crippen LogP contribution is -2.55. The number of piperazine rings is 1. The summed E-state index contributed by atoms with van der Waals surface area (Å²) in [6, 6.07) is 6.36. The van der Waals surface area contributed by atoms with Crippen LogP contribution in [-0.2, 0) is 0 Å². The molecule has 1 aliphatic rings. The normalized spacial score (nSPS) is 23.3. The van der Waals surface area contributed by atoms with E-state index in [-0.39, 0.29) is 5.91 Å². The van der Waals surface area contributed by atoms with Gasteiger partial charge in [0.05, 0.1) is 12.7 Å². The van der Waals surface area contributed by atoms with Crippen LogP contribution in [0.5, 0.6) is 5.75 Å². The molecule has 1 aromatic rings. The molecule has 1 aliphatic heterocycles. The van der Waals surface area contributed by atoms with Gasteiger partial charge in [-0.25, -0.2) is 0 Å². The van der Waals surface area contributed by atoms with Gasteiger partial charge in [0.15, 0.2) is 0 Å². The molecule has 4 nitrogen and oxygen atoms in total. The van der Waals surface area contributed by atoms with Gasteiger partial charge in [-0.3, -0.25) is 4.79 Å². The Hall–Kier alpha value is -1.55. The van der Waals surface area contributed by atoms with E-state index in [1.165, 1.54) is 0 Å². The van der Waals surface area contributed by atoms with Crippen molar-refractivity contribution in [2.45, 2.75) is 32.9 Å². The molecule has 1 amide bonds. The Labute approximate surface area is 114 Å². The number of carbonyl (C=O) groups is 1. The van der Waals surface area contributed by atoms with Crippen LogP contribution >= 0.6 is 0 Å². The Balaban J connectivity index is 2.26. The molecule has 1 saturated heterocycles. The smallest absolute Gasteiger partial charge is 0.257 e. The third kappa shape index (κ3) is 3.07. The lowest BCUT2D eigenvalue weighted by molar-refractivity contribution is 0.0670. The highest BCUT2D eigenvalue weighted by atomic mass is 16.5. The van der Waals surface area contributed by atoms with Crippen LogP contribution in [0, 0.1) is 6.92 Å². The van der Waals surface area contributed by atoms with Crippen molar-refractivity contribution in [2.75, 3.05) is 20.2 Å². The maximum atomic E-state index is 12.6. The molecule has 2 unspecified atom stereocenters. The Morgan fingerprint density at radius 3 is 2.53 bits per heavy atom. The maximum Gasteiger partial charge on any atom is 0.257 e. The van der Waals surface area contributed by atoms with E-state index < -0.39 is 0 Å². The van der Waals surface area contributed by atoms with Gasteiger partial charge in [0, 0.05) is 25.2 Å². The molecule has 1 aromatic carbocycles. The number of methoxy groups -OCH3 is 1. The highest BCUT2D eigenvalue weighted by molar-refractivity contribution is 5.97. The summed E-state index contributed by atoms with van der Waals surface area (Å²) in [7, 11) is 1.60. The van der Waals surface area contributed by atoms with E-state index in [1.54, 1.807) is 7.11 Å². The van der Waals surface area contributed by atoms with Gasteiger partial charge in [0.2, 0.25) is 0 Å². The van der Waals surface area contributed by atoms with Crippen molar-refractivity contribution in [1.82, 2.24) is 10.2 Å². The molecule has 0 saturated carbocycles. The van der Waals surface area contributed by atoms with Gasteiger partial charge >= 0.3 is 0 Å². The summed E-state index contributed by atoms with van der Waals surface area (Å²) in [4.78, 5) is 14.5. The molecular weight excluding hydrogens is 240 g/mol. The van der Waals surface area contributed by atoms with Crippen molar-refractivity contribution in [1.29, 1.82) is 0 Å². The maximum absolute atomic E-state index is 12.6. The number of amides is 1. The van der Waals surface area contributed by atoms with Gasteiger partial charge in [0.25, 0.3) is 5.91 Å². The number of carbonyl (C=O) groups excluding carboxylic acids is 1. The van der Waals surface area contributed by atoms with Gasteiger partial charge in [-0.05, 0) is 32.9 Å². The lowest BCUT2D eigenvalue weighted by atomic mass is 10.1. The van der Waals surface area contributed by atoms with E-state index in [1.807, 2.05) is 30.0 Å². The average molecular weight is 262 g/mol. The van der Waals surface area contributed by atoms with E-state index in [2.05, 4.69) is 19.2 Å². The molecule has 19 heavy (non-hydrogen) atoms. The topological polar surface area (TPSA) is 41.6 Å². The molecule has 4 heteroatoms. The van der Waals surface area contributed by atoms with Gasteiger partial charge < -0.3 is 15.0 Å². The summed E-state index contributed by atoms with van der Waals surface area (Å²) in [6.45, 7) is 7.66. The van der Waals surface area contributed by atoms with Crippen molar-refractivity contribution in [3.05, 3.63) is 29.3 Å². The second-order valence-corrected chi connectivity index (χ2v) is 5.38. The zero-order valence-electron chi connectivity index (χ0n) is 12.1. The molecule has 1 fully saturated rings. The Bertz CT molecular complexity index is 463. The number of hydrogen-bond donors (Lipinski definition) is 1. The molecule has 0 bridgehead atoms. The quantitative estimate of drug-likeness (QED) is 0.884. The van der Waals surface area contributed by atoms with E-state index in [0.29, 0.717) is 23.4 Å². The van der Waals surface area contributed by atoms with E-state index in [4.69, 9.17) is 4.74 Å². The van der Waals surface area contributed by atoms with Gasteiger partial charge in [-0.15, -0.1) is 0 Å². The van der Waals surface area contributed by atoms with Gasteiger partial charge in [0.1, 0.15) is 5.75 Å². The molecule has 104 valence electrons. The number of hydrogen-bond acceptors (Lipinski definition) is 3. The summed E-state index contributed by atoms with van der Waals surface area (Å²) < 4.78 is 5.30. The third-order valence-corrected chi connectivity index (χ3v) is 3.43. The van der Waals surface area contributed by atoms with Crippen LogP contribution in [0.15, 0.2) is 18.2 Å². The predicted octanol–water partition coefficient (Wildman–Crippen LogP) is 1.83. The number of ether oxygens (including phenoxy) is 1. The van der Waals surface area contributed by atoms with Crippen LogP contribution in [-0.4, -0.2) is 43.1 Å². The SMILES string of the molecule is COc1ccc(C)cc1C(=O)N1CC(C)NC(C)C1. The zero-order valence-corrected chi connectivity index (χ0v) is 12.1. The summed E-state index contributed by atoms with van der Waals surface area (Å²) in [5.74, 6) is 0.704. The highest BCUT2D eigenvalue weighted by Crippen LogP contribution is 2.22. The molecule has 0 aromatic heterocycles. The van der Waals surface area contributed by atoms with Crippen molar-refractivity contribution in [3.63, 3.8) is 0 Å². The summed E-state index contributed by atoms with van der Waals surface area (Å²) in [5, 5.41) is 3.43. The molecule has 0 spiro atoms. The molecule has 2 atom stereocenters. The number of nitrogens with zero attached hydrogens (tertiary/aromatic N) is 1. The van der Waals surface area contributed by atoms with Crippen molar-refractivity contribution in [3.8, 4) is 5.75 Å². The fourth-order valence-electron chi connectivity index (χ4n) is 2.65. The van der Waals surface area contributed by atoms with Crippen LogP contribution in [0.4, 0.5) is 0 Å². The third-order valence-electron chi connectivity index (χ3n) is 3.43. The Morgan fingerprint density at radius 1 is 1.32 bits per heavy atom. The van der Waals surface area contributed by atoms with E-state index in [9.17, 15) is 4.79 Å². The summed E-state index contributed by atoms with van der Waals surface area (Å²) in [6.07, 6.45) is 0. The number of rotatable bonds is 2. The summed E-state index contributed by atoms with van der Waals surface area (Å²) in [5.41, 5.74) is 1.73. The minimum Gasteiger partial charge on any atom is -0.496 e. The predicted molar refractivity (Wildman–Crippen MR) is 75.7 cm³/mol. The molecule has 0 radical (unpaired) electrons. The van der Waals surface area contributed by atoms with Crippen LogP contribution in [0.25, 0.3) is 0 Å². The standard InChI is InChI=1S/C15H22N2O2/c1-10-5-6-14(19-4)13(7-10)15(18)17-8-11(2)16-12(3)9-17/h5-7,11-12,16H,8-9H2,1-4H3. The lowest BCUT2D eigenvalue weighted by Gasteiger charge is -2.36. The first kappa shape index (κ1) is 13.9. The van der Waals surface area contributed by atoms with Gasteiger partial charge in [-0.2, -0.15) is 0 Å². The molecule has 1 N–H and O–H groups in total. The van der Waals surface area contributed by atoms with E-state index >= 15 is 0 Å². The largest absolute Gasteiger partial charge is 0.496 e. The van der Waals surface area contributed by atoms with Crippen LogP contribution < -0.4 is 10.1 Å². The first-order chi connectivity index (χ1) is 9.01. The molecule has 2 rings (SSSR count). The average Bonchev–Trinajstić information content (AvgIpc) is 2.36. The molecule has 0 aliphatic carbocycles. The van der Waals surface area contributed by atoms with Crippen LogP contribution in [0.2, 0.25) is 0 Å². The number of aryl methyl sites for hydroxylation is 1. The minimum absolute atomic E-state index is 0.0562. The van der Waals surface area contributed by atoms with Crippen molar-refractivity contribution in [2.24, 2.45) is 0 Å². The first-order valence-corrected chi connectivity index (χ1v) is 6.71. The Kier molecular flexibility index (Phi) is 4.10. The molecule has 1 heterocycles. The fourth-order valence-corrected chi connectivity index (χ4v) is 2.65.